The van der Waals surface area contributed by atoms with Gasteiger partial charge in [0, 0.05) is 4.90 Å². The van der Waals surface area contributed by atoms with Gasteiger partial charge >= 0.3 is 12.3 Å². The number of hydrogen-bond donors (Lipinski definition) is 2. The fraction of sp³-hybridized carbons (Fsp3) is 0.0714. The Morgan fingerprint density at radius 1 is 1.30 bits per heavy atom. The van der Waals surface area contributed by atoms with Gasteiger partial charge in [-0.05, 0) is 29.6 Å². The highest BCUT2D eigenvalue weighted by Crippen LogP contribution is 2.40. The third kappa shape index (κ3) is 3.45. The van der Waals surface area contributed by atoms with Crippen LogP contribution in [0.25, 0.3) is 10.2 Å². The Labute approximate surface area is 135 Å². The Bertz CT molecular complexity index is 870. The van der Waals surface area contributed by atoms with Crippen LogP contribution >= 0.6 is 23.1 Å². The predicted octanol–water partition coefficient (Wildman–Crippen LogP) is 4.98. The van der Waals surface area contributed by atoms with E-state index in [4.69, 9.17) is 0 Å². The molecule has 0 aliphatic carbocycles. The molecule has 23 heavy (non-hydrogen) atoms. The second-order valence-corrected chi connectivity index (χ2v) is 6.42. The standard InChI is InChI=1S/C14H8F3NO3S2/c15-14(16,17)21-7-2-1-3-8(6-7)23-12-10(13(19)20)18-9-4-5-22-11(9)12/h1-6,18H,(H,19,20). The molecular formula is C14H8F3NO3S2. The fourth-order valence-corrected chi connectivity index (χ4v) is 4.05. The molecule has 0 unspecified atom stereocenters. The number of carboxylic acid groups (broad SMARTS) is 1. The molecule has 0 saturated heterocycles. The topological polar surface area (TPSA) is 62.3 Å². The third-order valence-corrected chi connectivity index (χ3v) is 4.99. The van der Waals surface area contributed by atoms with Crippen LogP contribution in [-0.4, -0.2) is 22.4 Å². The Morgan fingerprint density at radius 2 is 2.09 bits per heavy atom. The number of alkyl halides is 3. The van der Waals surface area contributed by atoms with E-state index in [1.54, 1.807) is 17.5 Å². The van der Waals surface area contributed by atoms with Gasteiger partial charge in [-0.15, -0.1) is 24.5 Å². The number of ether oxygens (including phenoxy) is 1. The van der Waals surface area contributed by atoms with Crippen LogP contribution in [0.1, 0.15) is 10.5 Å². The minimum atomic E-state index is -4.77. The largest absolute Gasteiger partial charge is 0.573 e. The molecule has 0 amide bonds. The molecule has 1 aromatic carbocycles. The lowest BCUT2D eigenvalue weighted by Crippen LogP contribution is -2.17. The van der Waals surface area contributed by atoms with E-state index in [1.165, 1.54) is 29.5 Å². The Hall–Kier alpha value is -2.13. The normalized spacial score (nSPS) is 11.8. The van der Waals surface area contributed by atoms with Crippen molar-refractivity contribution in [3.8, 4) is 5.75 Å². The summed E-state index contributed by atoms with van der Waals surface area (Å²) in [5.41, 5.74) is 0.691. The monoisotopic (exact) mass is 359 g/mol. The summed E-state index contributed by atoms with van der Waals surface area (Å²) in [6.45, 7) is 0. The van der Waals surface area contributed by atoms with Crippen LogP contribution in [0.15, 0.2) is 45.5 Å². The molecule has 0 aliphatic heterocycles. The van der Waals surface area contributed by atoms with Gasteiger partial charge in [0.15, 0.2) is 0 Å². The van der Waals surface area contributed by atoms with Crippen LogP contribution in [0.2, 0.25) is 0 Å². The van der Waals surface area contributed by atoms with Crippen molar-refractivity contribution in [3.05, 3.63) is 41.4 Å². The second kappa shape index (κ2) is 5.82. The number of carboxylic acids is 1. The molecule has 2 heterocycles. The molecule has 3 rings (SSSR count). The van der Waals surface area contributed by atoms with E-state index >= 15 is 0 Å². The molecule has 0 aliphatic rings. The number of aromatic carboxylic acids is 1. The molecule has 2 aromatic heterocycles. The molecule has 9 heteroatoms. The maximum Gasteiger partial charge on any atom is 0.573 e. The highest BCUT2D eigenvalue weighted by atomic mass is 32.2. The second-order valence-electron chi connectivity index (χ2n) is 4.42. The Kier molecular flexibility index (Phi) is 3.99. The number of benzene rings is 1. The SMILES string of the molecule is O=C(O)c1[nH]c2ccsc2c1Sc1cccc(OC(F)(F)F)c1. The van der Waals surface area contributed by atoms with E-state index in [2.05, 4.69) is 9.72 Å². The van der Waals surface area contributed by atoms with Crippen LogP contribution in [0.4, 0.5) is 13.2 Å². The lowest BCUT2D eigenvalue weighted by molar-refractivity contribution is -0.274. The zero-order valence-corrected chi connectivity index (χ0v) is 12.8. The van der Waals surface area contributed by atoms with Gasteiger partial charge in [-0.3, -0.25) is 0 Å². The molecule has 0 bridgehead atoms. The molecule has 0 saturated carbocycles. The molecule has 120 valence electrons. The summed E-state index contributed by atoms with van der Waals surface area (Å²) in [7, 11) is 0. The van der Waals surface area contributed by atoms with E-state index in [9.17, 15) is 23.1 Å². The van der Waals surface area contributed by atoms with E-state index in [0.717, 1.165) is 16.5 Å². The number of rotatable bonds is 4. The number of fused-ring (bicyclic) bond motifs is 1. The number of halogens is 3. The van der Waals surface area contributed by atoms with Gasteiger partial charge in [-0.2, -0.15) is 0 Å². The summed E-state index contributed by atoms with van der Waals surface area (Å²) >= 11 is 2.43. The van der Waals surface area contributed by atoms with Crippen molar-refractivity contribution in [2.24, 2.45) is 0 Å². The van der Waals surface area contributed by atoms with Crippen molar-refractivity contribution in [3.63, 3.8) is 0 Å². The zero-order valence-electron chi connectivity index (χ0n) is 11.2. The lowest BCUT2D eigenvalue weighted by Gasteiger charge is -2.09. The summed E-state index contributed by atoms with van der Waals surface area (Å²) in [6, 6.07) is 7.16. The lowest BCUT2D eigenvalue weighted by atomic mass is 10.3. The van der Waals surface area contributed by atoms with Gasteiger partial charge in [-0.1, -0.05) is 17.8 Å². The van der Waals surface area contributed by atoms with Gasteiger partial charge in [0.2, 0.25) is 0 Å². The van der Waals surface area contributed by atoms with Crippen molar-refractivity contribution in [2.75, 3.05) is 0 Å². The molecule has 4 nitrogen and oxygen atoms in total. The highest BCUT2D eigenvalue weighted by molar-refractivity contribution is 7.99. The Morgan fingerprint density at radius 3 is 2.78 bits per heavy atom. The van der Waals surface area contributed by atoms with Crippen molar-refractivity contribution in [1.82, 2.24) is 4.98 Å². The first-order chi connectivity index (χ1) is 10.8. The number of hydrogen-bond acceptors (Lipinski definition) is 4. The minimum Gasteiger partial charge on any atom is -0.477 e. The number of H-pyrrole nitrogens is 1. The predicted molar refractivity (Wildman–Crippen MR) is 80.4 cm³/mol. The van der Waals surface area contributed by atoms with E-state index in [0.29, 0.717) is 15.3 Å². The van der Waals surface area contributed by atoms with Gasteiger partial charge in [0.05, 0.1) is 15.1 Å². The molecule has 0 radical (unpaired) electrons. The fourth-order valence-electron chi connectivity index (χ4n) is 1.99. The smallest absolute Gasteiger partial charge is 0.477 e. The summed E-state index contributed by atoms with van der Waals surface area (Å²) < 4.78 is 41.5. The maximum atomic E-state index is 12.3. The number of aromatic nitrogens is 1. The zero-order chi connectivity index (χ0) is 16.6. The number of nitrogens with one attached hydrogen (secondary N) is 1. The number of thiophene rings is 1. The summed E-state index contributed by atoms with van der Waals surface area (Å²) in [5, 5.41) is 11.1. The highest BCUT2D eigenvalue weighted by Gasteiger charge is 2.31. The van der Waals surface area contributed by atoms with E-state index < -0.39 is 12.3 Å². The van der Waals surface area contributed by atoms with Crippen LogP contribution in [0, 0.1) is 0 Å². The molecule has 0 spiro atoms. The van der Waals surface area contributed by atoms with Gasteiger partial charge in [0.25, 0.3) is 0 Å². The quantitative estimate of drug-likeness (QED) is 0.690. The third-order valence-electron chi connectivity index (χ3n) is 2.83. The first-order valence-electron chi connectivity index (χ1n) is 6.19. The van der Waals surface area contributed by atoms with Crippen molar-refractivity contribution < 1.29 is 27.8 Å². The van der Waals surface area contributed by atoms with Crippen LogP contribution in [0.3, 0.4) is 0 Å². The van der Waals surface area contributed by atoms with Gasteiger partial charge in [-0.25, -0.2) is 4.79 Å². The molecule has 0 atom stereocenters. The Balaban J connectivity index is 1.96. The molecule has 0 fully saturated rings. The maximum absolute atomic E-state index is 12.3. The van der Waals surface area contributed by atoms with E-state index in [1.807, 2.05) is 0 Å². The summed E-state index contributed by atoms with van der Waals surface area (Å²) in [6.07, 6.45) is -4.77. The van der Waals surface area contributed by atoms with E-state index in [-0.39, 0.29) is 11.4 Å². The average Bonchev–Trinajstić information content (AvgIpc) is 3.00. The summed E-state index contributed by atoms with van der Waals surface area (Å²) in [5.74, 6) is -1.48. The van der Waals surface area contributed by atoms with Gasteiger partial charge in [0.1, 0.15) is 11.4 Å². The first-order valence-corrected chi connectivity index (χ1v) is 7.89. The molecular weight excluding hydrogens is 351 g/mol. The number of carbonyl (C=O) groups is 1. The average molecular weight is 359 g/mol. The summed E-state index contributed by atoms with van der Waals surface area (Å²) in [4.78, 5) is 15.0. The first kappa shape index (κ1) is 15.8. The van der Waals surface area contributed by atoms with Crippen LogP contribution in [-0.2, 0) is 0 Å². The van der Waals surface area contributed by atoms with Crippen molar-refractivity contribution in [2.45, 2.75) is 16.2 Å². The van der Waals surface area contributed by atoms with Crippen LogP contribution < -0.4 is 4.74 Å². The van der Waals surface area contributed by atoms with Crippen LogP contribution in [0.5, 0.6) is 5.75 Å². The van der Waals surface area contributed by atoms with Crippen molar-refractivity contribution in [1.29, 1.82) is 0 Å². The van der Waals surface area contributed by atoms with Gasteiger partial charge < -0.3 is 14.8 Å². The molecule has 2 N–H and O–H groups in total. The minimum absolute atomic E-state index is 0.0130. The molecule has 3 aromatic rings. The van der Waals surface area contributed by atoms with Crippen molar-refractivity contribution >= 4 is 39.3 Å². The number of aromatic amines is 1.